The molecule has 0 fully saturated rings. The van der Waals surface area contributed by atoms with Crippen molar-refractivity contribution in [2.45, 2.75) is 24.9 Å². The fraction of sp³-hybridized carbons (Fsp3) is 0.444. The fourth-order valence-electron chi connectivity index (χ4n) is 1.32. The molecular formula is C18H32N4O8S. The van der Waals surface area contributed by atoms with Crippen LogP contribution in [0.25, 0.3) is 0 Å². The van der Waals surface area contributed by atoms with Crippen molar-refractivity contribution in [1.29, 1.82) is 0 Å². The topological polar surface area (TPSA) is 253 Å². The molecule has 0 unspecified atom stereocenters. The molecule has 0 spiro atoms. The van der Waals surface area contributed by atoms with Crippen molar-refractivity contribution in [1.82, 2.24) is 0 Å². The van der Waals surface area contributed by atoms with Gasteiger partial charge >= 0.3 is 23.9 Å². The van der Waals surface area contributed by atoms with Gasteiger partial charge in [-0.1, -0.05) is 30.3 Å². The predicted molar refractivity (Wildman–Crippen MR) is 118 cm³/mol. The van der Waals surface area contributed by atoms with Gasteiger partial charge in [0.05, 0.1) is 13.1 Å². The van der Waals surface area contributed by atoms with Crippen molar-refractivity contribution in [3.63, 3.8) is 0 Å². The first-order valence-electron chi connectivity index (χ1n) is 8.76. The van der Waals surface area contributed by atoms with Gasteiger partial charge in [-0.3, -0.25) is 19.2 Å². The lowest BCUT2D eigenvalue weighted by Crippen LogP contribution is -2.32. The Morgan fingerprint density at radius 1 is 0.839 bits per heavy atom. The molecule has 1 aromatic rings. The van der Waals surface area contributed by atoms with Crippen LogP contribution in [0, 0.1) is 0 Å². The molecule has 0 aliphatic carbocycles. The van der Waals surface area contributed by atoms with E-state index in [-0.39, 0.29) is 13.1 Å². The van der Waals surface area contributed by atoms with E-state index in [1.54, 1.807) is 11.8 Å². The molecule has 12 N–H and O–H groups in total. The maximum Gasteiger partial charge on any atom is 0.320 e. The van der Waals surface area contributed by atoms with Crippen molar-refractivity contribution >= 4 is 35.6 Å². The largest absolute Gasteiger partial charge is 0.480 e. The molecule has 0 aromatic heterocycles. The van der Waals surface area contributed by atoms with Crippen molar-refractivity contribution in [3.05, 3.63) is 35.9 Å². The minimum atomic E-state index is -0.968. The van der Waals surface area contributed by atoms with E-state index in [9.17, 15) is 19.2 Å². The van der Waals surface area contributed by atoms with Crippen LogP contribution in [0.3, 0.4) is 0 Å². The normalized spacial score (nSPS) is 11.0. The third kappa shape index (κ3) is 27.3. The third-order valence-corrected chi connectivity index (χ3v) is 3.56. The number of carbonyl (C=O) groups is 4. The second kappa shape index (κ2) is 22.0. The molecule has 0 radical (unpaired) electrons. The molecule has 0 aliphatic heterocycles. The van der Waals surface area contributed by atoms with E-state index in [1.807, 2.05) is 36.6 Å². The Kier molecular flexibility index (Phi) is 23.4. The molecule has 13 heteroatoms. The molecule has 0 aliphatic rings. The zero-order valence-corrected chi connectivity index (χ0v) is 18.0. The minimum absolute atomic E-state index is 0.278. The molecule has 12 nitrogen and oxygen atoms in total. The number of hydrogen-bond acceptors (Lipinski definition) is 9. The molecule has 0 saturated heterocycles. The van der Waals surface area contributed by atoms with E-state index in [4.69, 9.17) is 31.9 Å². The van der Waals surface area contributed by atoms with Crippen LogP contribution in [0.5, 0.6) is 0 Å². The van der Waals surface area contributed by atoms with Crippen molar-refractivity contribution in [2.24, 2.45) is 22.9 Å². The van der Waals surface area contributed by atoms with E-state index in [0.29, 0.717) is 12.8 Å². The van der Waals surface area contributed by atoms with Crippen LogP contribution in [-0.2, 0) is 25.6 Å². The first-order chi connectivity index (χ1) is 14.4. The van der Waals surface area contributed by atoms with Crippen LogP contribution in [0.2, 0.25) is 0 Å². The highest BCUT2D eigenvalue weighted by molar-refractivity contribution is 7.98. The zero-order valence-electron chi connectivity index (χ0n) is 17.2. The Bertz CT molecular complexity index is 620. The molecule has 0 heterocycles. The second-order valence-electron chi connectivity index (χ2n) is 5.56. The van der Waals surface area contributed by atoms with Crippen molar-refractivity contribution in [2.75, 3.05) is 25.1 Å². The molecule has 178 valence electrons. The number of thioether (sulfide) groups is 1. The number of carboxylic acids is 4. The summed E-state index contributed by atoms with van der Waals surface area (Å²) in [5, 5.41) is 32.0. The van der Waals surface area contributed by atoms with Gasteiger partial charge in [-0.05, 0) is 30.4 Å². The van der Waals surface area contributed by atoms with E-state index in [1.165, 1.54) is 0 Å². The number of benzene rings is 1. The number of rotatable bonds is 9. The molecule has 31 heavy (non-hydrogen) atoms. The standard InChI is InChI=1S/C9H11NO2.C5H11NO2S.2C2H5NO2/c10-8(9(11)12)6-7-4-2-1-3-5-7;1-9-3-2-4(6)5(7)8;2*3-1-2(4)5/h1-5,8H,6,10H2,(H,11,12);4H,2-3,6H2,1H3,(H,7,8);2*1,3H2,(H,4,5)/t8-;4-;;/m00../s1. The van der Waals surface area contributed by atoms with Crippen LogP contribution in [0.1, 0.15) is 12.0 Å². The number of carboxylic acid groups (broad SMARTS) is 4. The summed E-state index contributed by atoms with van der Waals surface area (Å²) in [4.78, 5) is 38.9. The highest BCUT2D eigenvalue weighted by Gasteiger charge is 2.11. The number of hydrogen-bond donors (Lipinski definition) is 8. The molecule has 0 bridgehead atoms. The molecular weight excluding hydrogens is 432 g/mol. The van der Waals surface area contributed by atoms with Crippen molar-refractivity contribution < 1.29 is 39.6 Å². The summed E-state index contributed by atoms with van der Waals surface area (Å²) in [7, 11) is 0. The van der Waals surface area contributed by atoms with Gasteiger partial charge in [-0.15, -0.1) is 0 Å². The summed E-state index contributed by atoms with van der Waals surface area (Å²) in [5.74, 6) is -2.99. The average molecular weight is 465 g/mol. The zero-order chi connectivity index (χ0) is 24.8. The maximum absolute atomic E-state index is 10.4. The summed E-state index contributed by atoms with van der Waals surface area (Å²) < 4.78 is 0. The smallest absolute Gasteiger partial charge is 0.320 e. The van der Waals surface area contributed by atoms with E-state index >= 15 is 0 Å². The Hall–Kier alpha value is -2.71. The third-order valence-electron chi connectivity index (χ3n) is 2.92. The van der Waals surface area contributed by atoms with Crippen LogP contribution >= 0.6 is 11.8 Å². The summed E-state index contributed by atoms with van der Waals surface area (Å²) in [6, 6.07) is 7.86. The first kappa shape index (κ1) is 32.9. The van der Waals surface area contributed by atoms with Gasteiger partial charge in [0.1, 0.15) is 12.1 Å². The molecule has 1 aromatic carbocycles. The molecule has 2 atom stereocenters. The molecule has 0 amide bonds. The summed E-state index contributed by atoms with van der Waals surface area (Å²) >= 11 is 1.60. The van der Waals surface area contributed by atoms with Crippen LogP contribution in [0.4, 0.5) is 0 Å². The Morgan fingerprint density at radius 3 is 1.52 bits per heavy atom. The van der Waals surface area contributed by atoms with E-state index in [0.717, 1.165) is 11.3 Å². The van der Waals surface area contributed by atoms with E-state index in [2.05, 4.69) is 11.5 Å². The Morgan fingerprint density at radius 2 is 1.23 bits per heavy atom. The van der Waals surface area contributed by atoms with Crippen LogP contribution in [0.15, 0.2) is 30.3 Å². The van der Waals surface area contributed by atoms with Gasteiger partial charge in [-0.25, -0.2) is 0 Å². The van der Waals surface area contributed by atoms with Gasteiger partial charge in [-0.2, -0.15) is 11.8 Å². The SMILES string of the molecule is CSCC[C@H](N)C(=O)O.NCC(=O)O.NCC(=O)O.N[C@@H](Cc1ccccc1)C(=O)O. The monoisotopic (exact) mass is 464 g/mol. The van der Waals surface area contributed by atoms with E-state index < -0.39 is 36.0 Å². The van der Waals surface area contributed by atoms with Gasteiger partial charge in [0.2, 0.25) is 0 Å². The highest BCUT2D eigenvalue weighted by Crippen LogP contribution is 2.01. The van der Waals surface area contributed by atoms with Gasteiger partial charge in [0.25, 0.3) is 0 Å². The highest BCUT2D eigenvalue weighted by atomic mass is 32.2. The molecule has 0 saturated carbocycles. The first-order valence-corrected chi connectivity index (χ1v) is 10.2. The number of nitrogens with two attached hydrogens (primary N) is 4. The van der Waals surface area contributed by atoms with Crippen LogP contribution in [-0.4, -0.2) is 81.5 Å². The van der Waals surface area contributed by atoms with Gasteiger partial charge < -0.3 is 43.4 Å². The minimum Gasteiger partial charge on any atom is -0.480 e. The van der Waals surface area contributed by atoms with Crippen LogP contribution < -0.4 is 22.9 Å². The van der Waals surface area contributed by atoms with Gasteiger partial charge in [0.15, 0.2) is 0 Å². The number of aliphatic carboxylic acids is 4. The Balaban J connectivity index is -0.000000365. The van der Waals surface area contributed by atoms with Gasteiger partial charge in [0, 0.05) is 0 Å². The average Bonchev–Trinajstić information content (AvgIpc) is 2.73. The Labute approximate surface area is 184 Å². The second-order valence-corrected chi connectivity index (χ2v) is 6.54. The van der Waals surface area contributed by atoms with Crippen molar-refractivity contribution in [3.8, 4) is 0 Å². The quantitative estimate of drug-likeness (QED) is 0.215. The lowest BCUT2D eigenvalue weighted by Gasteiger charge is -2.04. The summed E-state index contributed by atoms with van der Waals surface area (Å²) in [6.07, 6.45) is 2.86. The summed E-state index contributed by atoms with van der Waals surface area (Å²) in [6.45, 7) is -0.556. The maximum atomic E-state index is 10.4. The lowest BCUT2D eigenvalue weighted by molar-refractivity contribution is -0.139. The fourth-order valence-corrected chi connectivity index (χ4v) is 1.81. The molecule has 1 rings (SSSR count). The lowest BCUT2D eigenvalue weighted by atomic mass is 10.1. The predicted octanol–water partition coefficient (Wildman–Crippen LogP) is -1.15. The summed E-state index contributed by atoms with van der Waals surface area (Å²) in [5.41, 5.74) is 20.6.